The number of nitro benzene ring substituents is 1. The van der Waals surface area contributed by atoms with Crippen LogP contribution in [0.5, 0.6) is 5.75 Å². The molecule has 0 aromatic heterocycles. The molecule has 0 saturated heterocycles. The molecule has 2 rings (SSSR count). The Hall–Kier alpha value is -3.22. The van der Waals surface area contributed by atoms with Crippen LogP contribution in [0, 0.1) is 10.1 Å². The molecule has 136 valence electrons. The summed E-state index contributed by atoms with van der Waals surface area (Å²) in [6.45, 7) is 3.74. The molecule has 0 atom stereocenters. The van der Waals surface area contributed by atoms with E-state index in [9.17, 15) is 14.9 Å². The molecule has 7 nitrogen and oxygen atoms in total. The van der Waals surface area contributed by atoms with Crippen LogP contribution in [0.2, 0.25) is 0 Å². The number of amides is 1. The molecule has 2 aromatic rings. The van der Waals surface area contributed by atoms with Crippen molar-refractivity contribution in [3.05, 3.63) is 69.3 Å². The zero-order chi connectivity index (χ0) is 19.1. The van der Waals surface area contributed by atoms with Gasteiger partial charge in [0.25, 0.3) is 0 Å². The van der Waals surface area contributed by atoms with Crippen molar-refractivity contribution < 1.29 is 14.5 Å². The van der Waals surface area contributed by atoms with Crippen molar-refractivity contribution in [2.24, 2.45) is 5.10 Å². The molecule has 26 heavy (non-hydrogen) atoms. The van der Waals surface area contributed by atoms with Gasteiger partial charge in [0.05, 0.1) is 24.2 Å². The van der Waals surface area contributed by atoms with Crippen LogP contribution in [0.4, 0.5) is 5.69 Å². The number of methoxy groups -OCH3 is 1. The highest BCUT2D eigenvalue weighted by molar-refractivity contribution is 6.00. The quantitative estimate of drug-likeness (QED) is 0.469. The van der Waals surface area contributed by atoms with Gasteiger partial charge in [0.15, 0.2) is 5.75 Å². The van der Waals surface area contributed by atoms with Crippen molar-refractivity contribution in [2.75, 3.05) is 7.11 Å². The number of hydrogen-bond donors (Lipinski definition) is 1. The smallest absolute Gasteiger partial charge is 0.311 e. The first kappa shape index (κ1) is 19.1. The van der Waals surface area contributed by atoms with E-state index in [1.54, 1.807) is 13.0 Å². The Labute approximate surface area is 151 Å². The van der Waals surface area contributed by atoms with Crippen molar-refractivity contribution in [2.45, 2.75) is 26.7 Å². The third-order valence-corrected chi connectivity index (χ3v) is 3.94. The fourth-order valence-corrected chi connectivity index (χ4v) is 2.39. The molecule has 0 spiro atoms. The first-order chi connectivity index (χ1) is 12.4. The van der Waals surface area contributed by atoms with Gasteiger partial charge >= 0.3 is 5.69 Å². The number of nitrogens with one attached hydrogen (secondary N) is 1. The van der Waals surface area contributed by atoms with E-state index >= 15 is 0 Å². The second-order valence-corrected chi connectivity index (χ2v) is 5.72. The number of nitrogens with zero attached hydrogens (tertiary/aromatic N) is 2. The van der Waals surface area contributed by atoms with Crippen molar-refractivity contribution in [3.8, 4) is 5.75 Å². The van der Waals surface area contributed by atoms with E-state index < -0.39 is 4.92 Å². The van der Waals surface area contributed by atoms with Gasteiger partial charge in [-0.3, -0.25) is 14.9 Å². The molecule has 1 amide bonds. The van der Waals surface area contributed by atoms with Crippen molar-refractivity contribution in [3.63, 3.8) is 0 Å². The minimum atomic E-state index is -0.520. The normalized spacial score (nSPS) is 11.1. The Morgan fingerprint density at radius 1 is 1.19 bits per heavy atom. The van der Waals surface area contributed by atoms with Crippen LogP contribution < -0.4 is 10.2 Å². The van der Waals surface area contributed by atoms with Crippen LogP contribution in [0.1, 0.15) is 30.5 Å². The summed E-state index contributed by atoms with van der Waals surface area (Å²) in [7, 11) is 1.37. The molecule has 0 aliphatic heterocycles. The van der Waals surface area contributed by atoms with Gasteiger partial charge in [-0.15, -0.1) is 0 Å². The van der Waals surface area contributed by atoms with Crippen LogP contribution in [0.15, 0.2) is 47.6 Å². The fraction of sp³-hybridized carbons (Fsp3) is 0.263. The molecule has 0 saturated carbocycles. The van der Waals surface area contributed by atoms with E-state index in [1.165, 1.54) is 24.8 Å². The summed E-state index contributed by atoms with van der Waals surface area (Å²) < 4.78 is 4.97. The lowest BCUT2D eigenvalue weighted by Crippen LogP contribution is -2.21. The number of hydrogen-bond acceptors (Lipinski definition) is 5. The van der Waals surface area contributed by atoms with E-state index in [2.05, 4.69) is 17.5 Å². The molecule has 0 radical (unpaired) electrons. The standard InChI is InChI=1S/C19H21N3O4/c1-4-14-5-7-15(8-6-14)11-19(23)21-20-13(2)16-9-10-18(26-3)17(12-16)22(24)25/h5-10,12H,4,11H2,1-3H3,(H,21,23)/b20-13-. The van der Waals surface area contributed by atoms with E-state index in [-0.39, 0.29) is 23.8 Å². The molecular weight excluding hydrogens is 334 g/mol. The van der Waals surface area contributed by atoms with Gasteiger partial charge < -0.3 is 4.74 Å². The molecule has 7 heteroatoms. The zero-order valence-corrected chi connectivity index (χ0v) is 15.0. The summed E-state index contributed by atoms with van der Waals surface area (Å²) in [6, 6.07) is 12.3. The summed E-state index contributed by atoms with van der Waals surface area (Å²) >= 11 is 0. The summed E-state index contributed by atoms with van der Waals surface area (Å²) in [6.07, 6.45) is 1.16. The minimum Gasteiger partial charge on any atom is -0.490 e. The molecule has 0 bridgehead atoms. The van der Waals surface area contributed by atoms with Gasteiger partial charge in [-0.2, -0.15) is 5.10 Å². The van der Waals surface area contributed by atoms with Crippen molar-refractivity contribution in [1.29, 1.82) is 0 Å². The van der Waals surface area contributed by atoms with Crippen LogP contribution in [-0.2, 0) is 17.6 Å². The Balaban J connectivity index is 2.05. The fourth-order valence-electron chi connectivity index (χ4n) is 2.39. The number of rotatable bonds is 7. The van der Waals surface area contributed by atoms with Crippen LogP contribution in [0.25, 0.3) is 0 Å². The highest BCUT2D eigenvalue weighted by Gasteiger charge is 2.16. The maximum Gasteiger partial charge on any atom is 0.311 e. The lowest BCUT2D eigenvalue weighted by atomic mass is 10.1. The first-order valence-corrected chi connectivity index (χ1v) is 8.18. The molecule has 0 aliphatic rings. The Kier molecular flexibility index (Phi) is 6.43. The Morgan fingerprint density at radius 2 is 1.85 bits per heavy atom. The Morgan fingerprint density at radius 3 is 2.42 bits per heavy atom. The minimum absolute atomic E-state index is 0.151. The number of hydrazone groups is 1. The molecule has 2 aromatic carbocycles. The van der Waals surface area contributed by atoms with Crippen LogP contribution in [0.3, 0.4) is 0 Å². The number of carbonyl (C=O) groups excluding carboxylic acids is 1. The van der Waals surface area contributed by atoms with Crippen molar-refractivity contribution in [1.82, 2.24) is 5.43 Å². The second kappa shape index (κ2) is 8.75. The maximum atomic E-state index is 12.0. The van der Waals surface area contributed by atoms with E-state index in [0.29, 0.717) is 11.3 Å². The molecule has 0 fully saturated rings. The number of carbonyl (C=O) groups is 1. The Bertz CT molecular complexity index is 829. The van der Waals surface area contributed by atoms with Gasteiger partial charge in [-0.05, 0) is 36.6 Å². The molecule has 0 heterocycles. The number of benzene rings is 2. The van der Waals surface area contributed by atoms with Gasteiger partial charge in [-0.25, -0.2) is 5.43 Å². The van der Waals surface area contributed by atoms with Crippen LogP contribution in [-0.4, -0.2) is 23.7 Å². The van der Waals surface area contributed by atoms with Crippen LogP contribution >= 0.6 is 0 Å². The van der Waals surface area contributed by atoms with E-state index in [4.69, 9.17) is 4.74 Å². The highest BCUT2D eigenvalue weighted by atomic mass is 16.6. The van der Waals surface area contributed by atoms with E-state index in [0.717, 1.165) is 12.0 Å². The second-order valence-electron chi connectivity index (χ2n) is 5.72. The van der Waals surface area contributed by atoms with Gasteiger partial charge in [0.1, 0.15) is 0 Å². The SMILES string of the molecule is CCc1ccc(CC(=O)N/N=C(/C)c2ccc(OC)c([N+](=O)[O-])c2)cc1. The van der Waals surface area contributed by atoms with Gasteiger partial charge in [0, 0.05) is 11.6 Å². The largest absolute Gasteiger partial charge is 0.490 e. The summed E-state index contributed by atoms with van der Waals surface area (Å²) in [5.74, 6) is -0.0808. The lowest BCUT2D eigenvalue weighted by molar-refractivity contribution is -0.385. The predicted octanol–water partition coefficient (Wildman–Crippen LogP) is 3.25. The summed E-state index contributed by atoms with van der Waals surface area (Å²) in [5.41, 5.74) is 5.44. The highest BCUT2D eigenvalue weighted by Crippen LogP contribution is 2.27. The average molecular weight is 355 g/mol. The average Bonchev–Trinajstić information content (AvgIpc) is 2.66. The third kappa shape index (κ3) is 4.89. The predicted molar refractivity (Wildman–Crippen MR) is 99.5 cm³/mol. The van der Waals surface area contributed by atoms with Crippen molar-refractivity contribution >= 4 is 17.3 Å². The zero-order valence-electron chi connectivity index (χ0n) is 15.0. The molecule has 0 aliphatic carbocycles. The molecule has 1 N–H and O–H groups in total. The number of aryl methyl sites for hydroxylation is 1. The van der Waals surface area contributed by atoms with E-state index in [1.807, 2.05) is 24.3 Å². The number of ether oxygens (including phenoxy) is 1. The summed E-state index contributed by atoms with van der Waals surface area (Å²) in [4.78, 5) is 22.6. The topological polar surface area (TPSA) is 93.8 Å². The lowest BCUT2D eigenvalue weighted by Gasteiger charge is -2.06. The van der Waals surface area contributed by atoms with Gasteiger partial charge in [-0.1, -0.05) is 31.2 Å². The third-order valence-electron chi connectivity index (χ3n) is 3.94. The van der Waals surface area contributed by atoms with Gasteiger partial charge in [0.2, 0.25) is 5.91 Å². The molecular formula is C19H21N3O4. The monoisotopic (exact) mass is 355 g/mol. The first-order valence-electron chi connectivity index (χ1n) is 8.18. The number of nitro groups is 1. The molecule has 0 unspecified atom stereocenters. The maximum absolute atomic E-state index is 12.0. The summed E-state index contributed by atoms with van der Waals surface area (Å²) in [5, 5.41) is 15.1.